The Morgan fingerprint density at radius 1 is 0.796 bits per heavy atom. The second-order valence-corrected chi connectivity index (χ2v) is 15.4. The molecule has 0 bridgehead atoms. The summed E-state index contributed by atoms with van der Waals surface area (Å²) in [6.45, 7) is 5.54. The lowest BCUT2D eigenvalue weighted by atomic mass is 9.82. The number of anilines is 1. The summed E-state index contributed by atoms with van der Waals surface area (Å²) in [5.41, 5.74) is -0.218. The molecule has 0 saturated heterocycles. The van der Waals surface area contributed by atoms with E-state index in [-0.39, 0.29) is 37.5 Å². The Kier molecular flexibility index (Phi) is 10.5. The first-order valence-electron chi connectivity index (χ1n) is 14.4. The molecule has 0 fully saturated rings. The van der Waals surface area contributed by atoms with Gasteiger partial charge in [-0.2, -0.15) is 0 Å². The fourth-order valence-corrected chi connectivity index (χ4v) is 11.3. The van der Waals surface area contributed by atoms with Gasteiger partial charge in [0, 0.05) is 21.1 Å². The van der Waals surface area contributed by atoms with Crippen molar-refractivity contribution >= 4 is 99.5 Å². The third kappa shape index (κ3) is 5.90. The van der Waals surface area contributed by atoms with Gasteiger partial charge in [-0.05, 0) is 45.0 Å². The number of hydrogen-bond donors (Lipinski definition) is 0. The summed E-state index contributed by atoms with van der Waals surface area (Å²) in [7, 11) is 4.60. The Bertz CT molecular complexity index is 1890. The zero-order valence-electron chi connectivity index (χ0n) is 27.2. The van der Waals surface area contributed by atoms with Crippen LogP contribution in [-0.2, 0) is 38.1 Å². The summed E-state index contributed by atoms with van der Waals surface area (Å²) in [6.07, 6.45) is 0. The van der Waals surface area contributed by atoms with Crippen LogP contribution < -0.4 is 9.64 Å². The maximum Gasteiger partial charge on any atom is 0.345 e. The standard InChI is InChI=1S/C33H29Cl2NO10S3/c1-8-46-19-11-9-10-17-20-26(32(2,3)36(22(17)19)27(37)16-13-12-15(34)14-18(16)35)47-23(29(39)43-5)21(28(38)42-4)33(20)48-24(30(40)44-6)25(49-33)31(41)45-7/h9-14H,8H2,1-7H3. The van der Waals surface area contributed by atoms with Gasteiger partial charge in [0.25, 0.3) is 5.91 Å². The number of esters is 4. The molecule has 1 amide bonds. The first-order valence-corrected chi connectivity index (χ1v) is 17.6. The molecule has 0 radical (unpaired) electrons. The van der Waals surface area contributed by atoms with E-state index in [0.29, 0.717) is 32.5 Å². The molecule has 0 atom stereocenters. The van der Waals surface area contributed by atoms with Gasteiger partial charge in [-0.3, -0.25) is 9.69 Å². The van der Waals surface area contributed by atoms with E-state index < -0.39 is 39.4 Å². The molecular formula is C33H29Cl2NO10S3. The summed E-state index contributed by atoms with van der Waals surface area (Å²) in [6, 6.07) is 9.64. The Labute approximate surface area is 304 Å². The van der Waals surface area contributed by atoms with Gasteiger partial charge in [0.15, 0.2) is 0 Å². The average molecular weight is 767 g/mol. The van der Waals surface area contributed by atoms with Crippen LogP contribution in [0.15, 0.2) is 61.6 Å². The number of nitrogens with zero attached hydrogens (tertiary/aromatic N) is 1. The van der Waals surface area contributed by atoms with Crippen molar-refractivity contribution < 1.29 is 47.7 Å². The van der Waals surface area contributed by atoms with Crippen LogP contribution in [0.5, 0.6) is 5.75 Å². The van der Waals surface area contributed by atoms with Crippen molar-refractivity contribution in [1.82, 2.24) is 0 Å². The van der Waals surface area contributed by atoms with Crippen LogP contribution in [0.2, 0.25) is 10.0 Å². The van der Waals surface area contributed by atoms with Crippen molar-refractivity contribution in [3.05, 3.63) is 82.8 Å². The normalized spacial score (nSPS) is 17.4. The Balaban J connectivity index is 1.93. The molecule has 3 aliphatic rings. The number of carbonyl (C=O) groups is 5. The van der Waals surface area contributed by atoms with Gasteiger partial charge in [0.2, 0.25) is 0 Å². The summed E-state index contributed by atoms with van der Waals surface area (Å²) in [5, 5.41) is 0.439. The van der Waals surface area contributed by atoms with E-state index in [2.05, 4.69) is 0 Å². The SMILES string of the molecule is CCOc1cccc2c1N(C(=O)c1ccc(Cl)cc1Cl)C(C)(C)C1=C2C2(SC(C(=O)OC)=C(C(=O)OC)S2)C(C(=O)OC)=C(C(=O)OC)S1. The third-order valence-electron chi connectivity index (χ3n) is 7.79. The van der Waals surface area contributed by atoms with Gasteiger partial charge in [-0.1, -0.05) is 70.6 Å². The molecular weight excluding hydrogens is 737 g/mol. The summed E-state index contributed by atoms with van der Waals surface area (Å²) in [4.78, 5) is 70.1. The van der Waals surface area contributed by atoms with Crippen LogP contribution in [0, 0.1) is 0 Å². The highest BCUT2D eigenvalue weighted by Crippen LogP contribution is 2.71. The predicted octanol–water partition coefficient (Wildman–Crippen LogP) is 6.62. The van der Waals surface area contributed by atoms with E-state index in [1.165, 1.54) is 17.0 Å². The first-order chi connectivity index (χ1) is 23.2. The molecule has 2 aromatic rings. The van der Waals surface area contributed by atoms with E-state index in [9.17, 15) is 24.0 Å². The molecule has 16 heteroatoms. The number of benzene rings is 2. The van der Waals surface area contributed by atoms with Gasteiger partial charge in [0.1, 0.15) is 24.5 Å². The molecule has 1 spiro atoms. The summed E-state index contributed by atoms with van der Waals surface area (Å²) >= 11 is 15.3. The van der Waals surface area contributed by atoms with E-state index in [4.69, 9.17) is 46.9 Å². The Hall–Kier alpha value is -3.56. The minimum absolute atomic E-state index is 0.107. The number of methoxy groups -OCH3 is 4. The van der Waals surface area contributed by atoms with Gasteiger partial charge >= 0.3 is 23.9 Å². The predicted molar refractivity (Wildman–Crippen MR) is 190 cm³/mol. The minimum atomic E-state index is -1.74. The second kappa shape index (κ2) is 14.0. The monoisotopic (exact) mass is 765 g/mol. The number of fused-ring (bicyclic) bond motifs is 3. The zero-order chi connectivity index (χ0) is 36.0. The van der Waals surface area contributed by atoms with Crippen LogP contribution in [0.1, 0.15) is 36.7 Å². The highest BCUT2D eigenvalue weighted by molar-refractivity contribution is 8.26. The topological polar surface area (TPSA) is 135 Å². The quantitative estimate of drug-likeness (QED) is 0.221. The van der Waals surface area contributed by atoms with Crippen LogP contribution in [-0.4, -0.2) is 74.4 Å². The molecule has 258 valence electrons. The molecule has 0 aliphatic carbocycles. The lowest BCUT2D eigenvalue weighted by Crippen LogP contribution is -2.54. The zero-order valence-corrected chi connectivity index (χ0v) is 31.1. The molecule has 0 N–H and O–H groups in total. The highest BCUT2D eigenvalue weighted by Gasteiger charge is 2.62. The lowest BCUT2D eigenvalue weighted by Gasteiger charge is -2.51. The summed E-state index contributed by atoms with van der Waals surface area (Å²) in [5.74, 6) is -3.73. The average Bonchev–Trinajstić information content (AvgIpc) is 3.47. The van der Waals surface area contributed by atoms with Crippen molar-refractivity contribution in [2.45, 2.75) is 30.4 Å². The smallest absolute Gasteiger partial charge is 0.345 e. The number of ether oxygens (including phenoxy) is 5. The number of thioether (sulfide) groups is 3. The molecule has 2 aromatic carbocycles. The van der Waals surface area contributed by atoms with Crippen LogP contribution >= 0.6 is 58.5 Å². The van der Waals surface area contributed by atoms with E-state index >= 15 is 0 Å². The minimum Gasteiger partial charge on any atom is -0.492 e. The maximum atomic E-state index is 14.7. The van der Waals surface area contributed by atoms with Gasteiger partial charge in [-0.15, -0.1) is 0 Å². The molecule has 49 heavy (non-hydrogen) atoms. The lowest BCUT2D eigenvalue weighted by molar-refractivity contribution is -0.138. The number of hydrogen-bond acceptors (Lipinski definition) is 13. The number of rotatable bonds is 7. The van der Waals surface area contributed by atoms with E-state index in [0.717, 1.165) is 63.7 Å². The van der Waals surface area contributed by atoms with Crippen molar-refractivity contribution in [2.75, 3.05) is 39.9 Å². The van der Waals surface area contributed by atoms with Gasteiger partial charge < -0.3 is 23.7 Å². The number of para-hydroxylation sites is 1. The maximum absolute atomic E-state index is 14.7. The number of halogens is 2. The third-order valence-corrected chi connectivity index (χ3v) is 13.0. The molecule has 3 heterocycles. The van der Waals surface area contributed by atoms with Gasteiger partial charge in [-0.25, -0.2) is 19.2 Å². The van der Waals surface area contributed by atoms with E-state index in [1.807, 2.05) is 0 Å². The Morgan fingerprint density at radius 3 is 1.90 bits per heavy atom. The van der Waals surface area contributed by atoms with Crippen LogP contribution in [0.25, 0.3) is 5.57 Å². The van der Waals surface area contributed by atoms with Crippen LogP contribution in [0.3, 0.4) is 0 Å². The highest BCUT2D eigenvalue weighted by atomic mass is 35.5. The van der Waals surface area contributed by atoms with E-state index in [1.54, 1.807) is 45.0 Å². The van der Waals surface area contributed by atoms with Crippen molar-refractivity contribution in [3.63, 3.8) is 0 Å². The molecule has 5 rings (SSSR count). The fraction of sp³-hybridized carbons (Fsp3) is 0.303. The first kappa shape index (κ1) is 36.7. The fourth-order valence-electron chi connectivity index (χ4n) is 5.73. The van der Waals surface area contributed by atoms with Gasteiger partial charge in [0.05, 0.1) is 62.4 Å². The van der Waals surface area contributed by atoms with Crippen molar-refractivity contribution in [1.29, 1.82) is 0 Å². The molecule has 3 aliphatic heterocycles. The van der Waals surface area contributed by atoms with Crippen molar-refractivity contribution in [3.8, 4) is 5.75 Å². The van der Waals surface area contributed by atoms with Crippen LogP contribution in [0.4, 0.5) is 5.69 Å². The summed E-state index contributed by atoms with van der Waals surface area (Å²) < 4.78 is 24.8. The van der Waals surface area contributed by atoms with Crippen molar-refractivity contribution in [2.24, 2.45) is 0 Å². The molecule has 0 unspecified atom stereocenters. The Morgan fingerprint density at radius 2 is 1.37 bits per heavy atom. The second-order valence-electron chi connectivity index (χ2n) is 10.9. The largest absolute Gasteiger partial charge is 0.492 e. The number of carbonyl (C=O) groups excluding carboxylic acids is 5. The molecule has 0 saturated carbocycles. The molecule has 0 aromatic heterocycles. The number of amides is 1. The molecule has 11 nitrogen and oxygen atoms in total.